The zero-order valence-corrected chi connectivity index (χ0v) is 13.7. The Morgan fingerprint density at radius 3 is 2.76 bits per heavy atom. The van der Waals surface area contributed by atoms with Gasteiger partial charge in [0.1, 0.15) is 5.01 Å². The van der Waals surface area contributed by atoms with Crippen molar-refractivity contribution in [2.45, 2.75) is 12.8 Å². The minimum atomic E-state index is 0.0367. The van der Waals surface area contributed by atoms with Crippen LogP contribution < -0.4 is 5.32 Å². The van der Waals surface area contributed by atoms with Crippen LogP contribution in [0.3, 0.4) is 0 Å². The quantitative estimate of drug-likeness (QED) is 0.744. The van der Waals surface area contributed by atoms with Crippen LogP contribution in [0.1, 0.15) is 10.6 Å². The Labute approximate surface area is 135 Å². The van der Waals surface area contributed by atoms with Gasteiger partial charge in [-0.2, -0.15) is 0 Å². The Hall–Kier alpha value is -1.50. The van der Waals surface area contributed by atoms with Crippen LogP contribution >= 0.6 is 34.0 Å². The molecule has 0 saturated heterocycles. The first-order chi connectivity index (χ1) is 10.3. The van der Waals surface area contributed by atoms with E-state index in [1.165, 1.54) is 4.88 Å². The number of hydrogen-bond acceptors (Lipinski definition) is 5. The summed E-state index contributed by atoms with van der Waals surface area (Å²) in [4.78, 5) is 18.9. The molecule has 0 spiro atoms. The molecular weight excluding hydrogens is 320 g/mol. The van der Waals surface area contributed by atoms with Crippen LogP contribution in [-0.2, 0) is 17.6 Å². The number of rotatable bonds is 6. The van der Waals surface area contributed by atoms with Gasteiger partial charge in [0.05, 0.1) is 17.0 Å². The second-order valence-electron chi connectivity index (χ2n) is 4.48. The van der Waals surface area contributed by atoms with Crippen LogP contribution in [0, 0.1) is 0 Å². The third kappa shape index (κ3) is 4.00. The van der Waals surface area contributed by atoms with Crippen LogP contribution in [0.5, 0.6) is 0 Å². The fourth-order valence-electron chi connectivity index (χ4n) is 1.91. The van der Waals surface area contributed by atoms with Gasteiger partial charge in [-0.1, -0.05) is 12.1 Å². The van der Waals surface area contributed by atoms with Crippen LogP contribution in [-0.4, -0.2) is 17.4 Å². The van der Waals surface area contributed by atoms with Gasteiger partial charge in [0.2, 0.25) is 5.91 Å². The summed E-state index contributed by atoms with van der Waals surface area (Å²) in [6.07, 6.45) is 1.24. The van der Waals surface area contributed by atoms with E-state index in [9.17, 15) is 4.79 Å². The van der Waals surface area contributed by atoms with Gasteiger partial charge in [0.15, 0.2) is 0 Å². The summed E-state index contributed by atoms with van der Waals surface area (Å²) < 4.78 is 0. The lowest BCUT2D eigenvalue weighted by molar-refractivity contribution is -0.120. The first-order valence-electron chi connectivity index (χ1n) is 6.58. The van der Waals surface area contributed by atoms with Crippen molar-refractivity contribution >= 4 is 39.9 Å². The summed E-state index contributed by atoms with van der Waals surface area (Å²) in [5.41, 5.74) is 0.844. The van der Waals surface area contributed by atoms with Crippen LogP contribution in [0.2, 0.25) is 0 Å². The smallest absolute Gasteiger partial charge is 0.226 e. The minimum Gasteiger partial charge on any atom is -0.355 e. The van der Waals surface area contributed by atoms with Crippen molar-refractivity contribution in [1.29, 1.82) is 0 Å². The first-order valence-corrected chi connectivity index (χ1v) is 9.22. The molecule has 3 heterocycles. The number of aromatic nitrogens is 1. The van der Waals surface area contributed by atoms with Gasteiger partial charge in [0, 0.05) is 16.8 Å². The Kier molecular flexibility index (Phi) is 4.80. The topological polar surface area (TPSA) is 42.0 Å². The van der Waals surface area contributed by atoms with Gasteiger partial charge in [-0.25, -0.2) is 4.98 Å². The van der Waals surface area contributed by atoms with Crippen LogP contribution in [0.15, 0.2) is 40.4 Å². The van der Waals surface area contributed by atoms with Crippen molar-refractivity contribution in [2.24, 2.45) is 0 Å². The second kappa shape index (κ2) is 6.98. The van der Waals surface area contributed by atoms with Crippen LogP contribution in [0.25, 0.3) is 9.88 Å². The molecule has 21 heavy (non-hydrogen) atoms. The number of thiazole rings is 1. The maximum atomic E-state index is 11.9. The molecule has 6 heteroatoms. The van der Waals surface area contributed by atoms with Gasteiger partial charge in [-0.15, -0.1) is 34.0 Å². The molecule has 0 aliphatic carbocycles. The fraction of sp³-hybridized carbons (Fsp3) is 0.200. The summed E-state index contributed by atoms with van der Waals surface area (Å²) in [6, 6.07) is 8.18. The predicted octanol–water partition coefficient (Wildman–Crippen LogP) is 3.83. The van der Waals surface area contributed by atoms with E-state index in [1.807, 2.05) is 29.0 Å². The van der Waals surface area contributed by atoms with E-state index in [0.717, 1.165) is 22.0 Å². The normalized spacial score (nSPS) is 10.7. The number of carbonyl (C=O) groups excluding carboxylic acids is 1. The highest BCUT2D eigenvalue weighted by Gasteiger charge is 2.09. The molecule has 3 nitrogen and oxygen atoms in total. The molecule has 3 aromatic heterocycles. The number of carbonyl (C=O) groups is 1. The summed E-state index contributed by atoms with van der Waals surface area (Å²) in [7, 11) is 0. The lowest BCUT2D eigenvalue weighted by Crippen LogP contribution is -2.27. The van der Waals surface area contributed by atoms with Gasteiger partial charge < -0.3 is 5.32 Å². The van der Waals surface area contributed by atoms with Crippen molar-refractivity contribution in [3.05, 3.63) is 51.0 Å². The van der Waals surface area contributed by atoms with Gasteiger partial charge >= 0.3 is 0 Å². The zero-order chi connectivity index (χ0) is 14.5. The average molecular weight is 334 g/mol. The van der Waals surface area contributed by atoms with Gasteiger partial charge in [-0.05, 0) is 29.3 Å². The lowest BCUT2D eigenvalue weighted by atomic mass is 10.3. The summed E-state index contributed by atoms with van der Waals surface area (Å²) >= 11 is 4.98. The third-order valence-electron chi connectivity index (χ3n) is 2.90. The fourth-order valence-corrected chi connectivity index (χ4v) is 4.25. The van der Waals surface area contributed by atoms with Crippen molar-refractivity contribution in [3.63, 3.8) is 0 Å². The molecular formula is C15H14N2OS3. The molecule has 0 radical (unpaired) electrons. The molecule has 0 atom stereocenters. The zero-order valence-electron chi connectivity index (χ0n) is 11.2. The van der Waals surface area contributed by atoms with E-state index in [-0.39, 0.29) is 5.91 Å². The van der Waals surface area contributed by atoms with Crippen molar-refractivity contribution < 1.29 is 4.79 Å². The van der Waals surface area contributed by atoms with Crippen molar-refractivity contribution in [1.82, 2.24) is 10.3 Å². The summed E-state index contributed by atoms with van der Waals surface area (Å²) in [5, 5.41) is 10.00. The molecule has 0 aliphatic heterocycles. The molecule has 0 saturated carbocycles. The Morgan fingerprint density at radius 2 is 2.00 bits per heavy atom. The molecule has 3 aromatic rings. The number of amides is 1. The third-order valence-corrected chi connectivity index (χ3v) is 5.77. The molecule has 0 bridgehead atoms. The number of nitrogens with zero attached hydrogens (tertiary/aromatic N) is 1. The second-order valence-corrected chi connectivity index (χ2v) is 7.32. The van der Waals surface area contributed by atoms with E-state index >= 15 is 0 Å². The minimum absolute atomic E-state index is 0.0367. The van der Waals surface area contributed by atoms with E-state index in [1.54, 1.807) is 34.0 Å². The highest BCUT2D eigenvalue weighted by atomic mass is 32.1. The van der Waals surface area contributed by atoms with Gasteiger partial charge in [-0.3, -0.25) is 4.79 Å². The summed E-state index contributed by atoms with van der Waals surface area (Å²) in [6.45, 7) is 0.682. The highest BCUT2D eigenvalue weighted by molar-refractivity contribution is 7.20. The Balaban J connectivity index is 1.48. The number of thiophene rings is 2. The molecule has 1 N–H and O–H groups in total. The van der Waals surface area contributed by atoms with Crippen LogP contribution in [0.4, 0.5) is 0 Å². The number of nitrogens with one attached hydrogen (secondary N) is 1. The molecule has 0 unspecified atom stereocenters. The maximum absolute atomic E-state index is 11.9. The van der Waals surface area contributed by atoms with Gasteiger partial charge in [0.25, 0.3) is 0 Å². The molecule has 3 rings (SSSR count). The average Bonchev–Trinajstić information content (AvgIpc) is 3.21. The van der Waals surface area contributed by atoms with E-state index in [4.69, 9.17) is 0 Å². The number of hydrogen-bond donors (Lipinski definition) is 1. The molecule has 0 aromatic carbocycles. The van der Waals surface area contributed by atoms with E-state index in [0.29, 0.717) is 13.0 Å². The molecule has 1 amide bonds. The van der Waals surface area contributed by atoms with E-state index in [2.05, 4.69) is 21.7 Å². The van der Waals surface area contributed by atoms with E-state index < -0.39 is 0 Å². The lowest BCUT2D eigenvalue weighted by Gasteiger charge is -2.02. The largest absolute Gasteiger partial charge is 0.355 e. The first kappa shape index (κ1) is 14.4. The monoisotopic (exact) mass is 334 g/mol. The molecule has 0 fully saturated rings. The van der Waals surface area contributed by atoms with Crippen molar-refractivity contribution in [2.75, 3.05) is 6.54 Å². The summed E-state index contributed by atoms with van der Waals surface area (Å²) in [5.74, 6) is 0.0367. The Bertz CT molecular complexity index is 686. The maximum Gasteiger partial charge on any atom is 0.226 e. The molecule has 0 aliphatic rings. The molecule has 108 valence electrons. The van der Waals surface area contributed by atoms with Crippen molar-refractivity contribution in [3.8, 4) is 9.88 Å². The standard InChI is InChI=1S/C15H14N2OS3/c18-14(16-6-5-12-3-1-7-19-12)9-11-10-21-15(17-11)13-4-2-8-20-13/h1-4,7-8,10H,5-6,9H2,(H,16,18). The predicted molar refractivity (Wildman–Crippen MR) is 90.2 cm³/mol. The highest BCUT2D eigenvalue weighted by Crippen LogP contribution is 2.27. The Morgan fingerprint density at radius 1 is 1.14 bits per heavy atom. The SMILES string of the molecule is O=C(Cc1csc(-c2cccs2)n1)NCCc1cccs1.